The Balaban J connectivity index is 1.28. The first-order valence-corrected chi connectivity index (χ1v) is 10.2. The van der Waals surface area contributed by atoms with Crippen LogP contribution in [0.25, 0.3) is 10.8 Å². The molecule has 1 atom stereocenters. The molecule has 0 aliphatic carbocycles. The number of rotatable bonds is 5. The third-order valence-corrected chi connectivity index (χ3v) is 5.51. The van der Waals surface area contributed by atoms with Crippen molar-refractivity contribution in [3.05, 3.63) is 101 Å². The van der Waals surface area contributed by atoms with Gasteiger partial charge in [0.1, 0.15) is 6.10 Å². The molecule has 1 aromatic heterocycles. The van der Waals surface area contributed by atoms with Crippen molar-refractivity contribution < 1.29 is 9.53 Å². The largest absolute Gasteiger partial charge is 0.370 e. The molecule has 3 aromatic carbocycles. The van der Waals surface area contributed by atoms with Gasteiger partial charge in [-0.15, -0.1) is 0 Å². The third kappa shape index (κ3) is 3.84. The first kappa shape index (κ1) is 18.6. The van der Waals surface area contributed by atoms with E-state index in [4.69, 9.17) is 9.84 Å². The predicted molar refractivity (Wildman–Crippen MR) is 116 cm³/mol. The van der Waals surface area contributed by atoms with Crippen LogP contribution in [-0.4, -0.2) is 28.8 Å². The van der Waals surface area contributed by atoms with Crippen LogP contribution < -0.4 is 5.32 Å². The number of hydrogen-bond donors (Lipinski definition) is 1. The fraction of sp³-hybridized carbons (Fsp3) is 0.200. The summed E-state index contributed by atoms with van der Waals surface area (Å²) in [5.74, 6) is -0.0970. The highest BCUT2D eigenvalue weighted by Crippen LogP contribution is 2.25. The van der Waals surface area contributed by atoms with Gasteiger partial charge in [0.15, 0.2) is 0 Å². The minimum Gasteiger partial charge on any atom is -0.370 e. The number of amides is 1. The van der Waals surface area contributed by atoms with E-state index in [1.165, 1.54) is 11.1 Å². The number of ether oxygens (including phenoxy) is 1. The van der Waals surface area contributed by atoms with Crippen molar-refractivity contribution in [3.63, 3.8) is 0 Å². The molecule has 30 heavy (non-hydrogen) atoms. The molecule has 1 aliphatic rings. The lowest BCUT2D eigenvalue weighted by Gasteiger charge is -2.22. The summed E-state index contributed by atoms with van der Waals surface area (Å²) in [6, 6.07) is 24.1. The van der Waals surface area contributed by atoms with E-state index in [1.807, 2.05) is 65.3 Å². The summed E-state index contributed by atoms with van der Waals surface area (Å²) in [6.07, 6.45) is 2.72. The van der Waals surface area contributed by atoms with Gasteiger partial charge in [-0.1, -0.05) is 60.7 Å². The third-order valence-electron chi connectivity index (χ3n) is 5.51. The summed E-state index contributed by atoms with van der Waals surface area (Å²) in [7, 11) is 0. The monoisotopic (exact) mass is 397 g/mol. The maximum atomic E-state index is 12.7. The van der Waals surface area contributed by atoms with Crippen LogP contribution in [0.3, 0.4) is 0 Å². The second-order valence-corrected chi connectivity index (χ2v) is 7.60. The van der Waals surface area contributed by atoms with Gasteiger partial charge in [-0.05, 0) is 40.5 Å². The van der Waals surface area contributed by atoms with Crippen LogP contribution in [-0.2, 0) is 17.7 Å². The van der Waals surface area contributed by atoms with Crippen molar-refractivity contribution in [2.24, 2.45) is 0 Å². The zero-order chi connectivity index (χ0) is 20.3. The molecule has 4 aromatic rings. The first-order chi connectivity index (χ1) is 14.8. The molecule has 0 fully saturated rings. The van der Waals surface area contributed by atoms with Crippen LogP contribution in [0.5, 0.6) is 0 Å². The molecule has 1 N–H and O–H groups in total. The van der Waals surface area contributed by atoms with Gasteiger partial charge in [-0.25, -0.2) is 0 Å². The number of aromatic nitrogens is 2. The lowest BCUT2D eigenvalue weighted by atomic mass is 10.1. The summed E-state index contributed by atoms with van der Waals surface area (Å²) in [4.78, 5) is 12.7. The fourth-order valence-corrected chi connectivity index (χ4v) is 3.96. The van der Waals surface area contributed by atoms with E-state index in [0.29, 0.717) is 18.7 Å². The van der Waals surface area contributed by atoms with E-state index in [-0.39, 0.29) is 12.0 Å². The molecule has 0 radical (unpaired) electrons. The van der Waals surface area contributed by atoms with E-state index in [2.05, 4.69) is 23.6 Å². The second-order valence-electron chi connectivity index (χ2n) is 7.60. The number of fused-ring (bicyclic) bond motifs is 2. The smallest absolute Gasteiger partial charge is 0.251 e. The molecule has 5 heteroatoms. The van der Waals surface area contributed by atoms with Gasteiger partial charge in [0.2, 0.25) is 0 Å². The molecule has 1 amide bonds. The van der Waals surface area contributed by atoms with Gasteiger partial charge in [-0.2, -0.15) is 5.10 Å². The van der Waals surface area contributed by atoms with Crippen LogP contribution in [0, 0.1) is 0 Å². The maximum absolute atomic E-state index is 12.7. The first-order valence-electron chi connectivity index (χ1n) is 10.2. The van der Waals surface area contributed by atoms with Crippen LogP contribution in [0.1, 0.15) is 33.3 Å². The average Bonchev–Trinajstić information content (AvgIpc) is 3.20. The molecule has 0 bridgehead atoms. The standard InChI is InChI=1S/C25H23N3O2/c29-25(21-11-10-19-8-4-5-9-20(19)14-21)26-15-23-24-22(12-13-30-23)17-28(27-24)16-18-6-2-1-3-7-18/h1-11,14,17,23H,12-13,15-16H2,(H,26,29)/t23-/m1/s1. The van der Waals surface area contributed by atoms with Crippen molar-refractivity contribution in [1.29, 1.82) is 0 Å². The maximum Gasteiger partial charge on any atom is 0.251 e. The summed E-state index contributed by atoms with van der Waals surface area (Å²) in [6.45, 7) is 1.77. The Morgan fingerprint density at radius 2 is 1.83 bits per heavy atom. The van der Waals surface area contributed by atoms with E-state index < -0.39 is 0 Å². The molecule has 5 rings (SSSR count). The van der Waals surface area contributed by atoms with E-state index in [1.54, 1.807) is 0 Å². The molecule has 0 saturated heterocycles. The molecule has 0 spiro atoms. The molecule has 5 nitrogen and oxygen atoms in total. The van der Waals surface area contributed by atoms with Gasteiger partial charge in [0.25, 0.3) is 5.91 Å². The van der Waals surface area contributed by atoms with Crippen molar-refractivity contribution in [1.82, 2.24) is 15.1 Å². The normalized spacial score (nSPS) is 15.7. The number of carbonyl (C=O) groups is 1. The minimum atomic E-state index is -0.227. The Morgan fingerprint density at radius 1 is 1.03 bits per heavy atom. The quantitative estimate of drug-likeness (QED) is 0.551. The second kappa shape index (κ2) is 8.13. The van der Waals surface area contributed by atoms with Gasteiger partial charge in [0, 0.05) is 18.3 Å². The minimum absolute atomic E-state index is 0.0970. The lowest BCUT2D eigenvalue weighted by Crippen LogP contribution is -2.31. The summed E-state index contributed by atoms with van der Waals surface area (Å²) < 4.78 is 7.90. The van der Waals surface area contributed by atoms with Crippen LogP contribution in [0.15, 0.2) is 79.0 Å². The molecule has 1 aliphatic heterocycles. The Labute approximate surface area is 175 Å². The zero-order valence-corrected chi connectivity index (χ0v) is 16.6. The topological polar surface area (TPSA) is 56.1 Å². The van der Waals surface area contributed by atoms with E-state index in [0.717, 1.165) is 29.4 Å². The van der Waals surface area contributed by atoms with Crippen molar-refractivity contribution in [2.45, 2.75) is 19.1 Å². The predicted octanol–water partition coefficient (Wildman–Crippen LogP) is 4.13. The lowest BCUT2D eigenvalue weighted by molar-refractivity contribution is 0.0383. The molecule has 2 heterocycles. The highest BCUT2D eigenvalue weighted by molar-refractivity contribution is 5.98. The highest BCUT2D eigenvalue weighted by atomic mass is 16.5. The Kier molecular flexibility index (Phi) is 5.03. The average molecular weight is 397 g/mol. The number of nitrogens with one attached hydrogen (secondary N) is 1. The summed E-state index contributed by atoms with van der Waals surface area (Å²) in [5.41, 5.74) is 3.98. The van der Waals surface area contributed by atoms with Crippen molar-refractivity contribution in [3.8, 4) is 0 Å². The summed E-state index contributed by atoms with van der Waals surface area (Å²) >= 11 is 0. The van der Waals surface area contributed by atoms with E-state index >= 15 is 0 Å². The molecule has 0 saturated carbocycles. The van der Waals surface area contributed by atoms with Crippen molar-refractivity contribution in [2.75, 3.05) is 13.2 Å². The number of benzene rings is 3. The van der Waals surface area contributed by atoms with Crippen LogP contribution >= 0.6 is 0 Å². The molecular weight excluding hydrogens is 374 g/mol. The molecule has 0 unspecified atom stereocenters. The number of carbonyl (C=O) groups excluding carboxylic acids is 1. The van der Waals surface area contributed by atoms with Crippen LogP contribution in [0.2, 0.25) is 0 Å². The van der Waals surface area contributed by atoms with Gasteiger partial charge >= 0.3 is 0 Å². The molecular formula is C25H23N3O2. The van der Waals surface area contributed by atoms with Gasteiger partial charge < -0.3 is 10.1 Å². The Hall–Kier alpha value is -3.44. The Bertz CT molecular complexity index is 1180. The number of hydrogen-bond acceptors (Lipinski definition) is 3. The Morgan fingerprint density at radius 3 is 2.70 bits per heavy atom. The van der Waals surface area contributed by atoms with Gasteiger partial charge in [0.05, 0.1) is 18.8 Å². The van der Waals surface area contributed by atoms with Gasteiger partial charge in [-0.3, -0.25) is 9.48 Å². The zero-order valence-electron chi connectivity index (χ0n) is 16.6. The van der Waals surface area contributed by atoms with Crippen molar-refractivity contribution >= 4 is 16.7 Å². The SMILES string of the molecule is O=C(NC[C@H]1OCCc2cn(Cc3ccccc3)nc21)c1ccc2ccccc2c1. The summed E-state index contributed by atoms with van der Waals surface area (Å²) in [5, 5.41) is 9.96. The molecule has 150 valence electrons. The number of nitrogens with zero attached hydrogens (tertiary/aromatic N) is 2. The fourth-order valence-electron chi connectivity index (χ4n) is 3.96. The van der Waals surface area contributed by atoms with E-state index in [9.17, 15) is 4.79 Å². The van der Waals surface area contributed by atoms with Crippen LogP contribution in [0.4, 0.5) is 0 Å². The highest BCUT2D eigenvalue weighted by Gasteiger charge is 2.25.